The van der Waals surface area contributed by atoms with E-state index in [1.165, 1.54) is 0 Å². The van der Waals surface area contributed by atoms with Gasteiger partial charge >= 0.3 is 0 Å². The summed E-state index contributed by atoms with van der Waals surface area (Å²) in [4.78, 5) is 12.7. The van der Waals surface area contributed by atoms with E-state index in [0.717, 1.165) is 28.3 Å². The van der Waals surface area contributed by atoms with Gasteiger partial charge in [0.05, 0.1) is 22.2 Å². The number of anilines is 5. The number of nitrogens with one attached hydrogen (secondary N) is 3. The highest BCUT2D eigenvalue weighted by Crippen LogP contribution is 2.33. The van der Waals surface area contributed by atoms with Gasteiger partial charge in [-0.2, -0.15) is 0 Å². The predicted molar refractivity (Wildman–Crippen MR) is 135 cm³/mol. The maximum absolute atomic E-state index is 12.7. The molecule has 6 heteroatoms. The topological polar surface area (TPSA) is 53.2 Å². The molecule has 1 amide bonds. The van der Waals surface area contributed by atoms with Gasteiger partial charge in [0.25, 0.3) is 0 Å². The Morgan fingerprint density at radius 1 is 0.625 bits per heavy atom. The van der Waals surface area contributed by atoms with Gasteiger partial charge < -0.3 is 16.0 Å². The summed E-state index contributed by atoms with van der Waals surface area (Å²) in [7, 11) is 0. The Hall–Kier alpha value is -3.47. The minimum absolute atomic E-state index is 0.117. The summed E-state index contributed by atoms with van der Waals surface area (Å²) >= 11 is 12.6. The van der Waals surface area contributed by atoms with Gasteiger partial charge in [-0.25, -0.2) is 0 Å². The molecule has 4 nitrogen and oxygen atoms in total. The Morgan fingerprint density at radius 3 is 1.94 bits per heavy atom. The lowest BCUT2D eigenvalue weighted by Gasteiger charge is -2.14. The van der Waals surface area contributed by atoms with Crippen LogP contribution in [0.5, 0.6) is 0 Å². The molecular formula is C26H21Cl2N3O. The van der Waals surface area contributed by atoms with Gasteiger partial charge in [-0.1, -0.05) is 65.7 Å². The molecule has 4 rings (SSSR count). The summed E-state index contributed by atoms with van der Waals surface area (Å²) < 4.78 is 0. The van der Waals surface area contributed by atoms with Crippen molar-refractivity contribution in [3.63, 3.8) is 0 Å². The molecule has 0 radical (unpaired) electrons. The van der Waals surface area contributed by atoms with E-state index < -0.39 is 0 Å². The first-order chi connectivity index (χ1) is 15.6. The molecule has 160 valence electrons. The van der Waals surface area contributed by atoms with Crippen molar-refractivity contribution in [3.8, 4) is 0 Å². The molecule has 0 aliphatic rings. The second kappa shape index (κ2) is 10.2. The van der Waals surface area contributed by atoms with Crippen LogP contribution in [0.2, 0.25) is 10.0 Å². The Morgan fingerprint density at radius 2 is 1.22 bits per heavy atom. The zero-order valence-electron chi connectivity index (χ0n) is 17.1. The Balaban J connectivity index is 1.41. The van der Waals surface area contributed by atoms with Crippen LogP contribution in [0.3, 0.4) is 0 Å². The Labute approximate surface area is 197 Å². The molecule has 32 heavy (non-hydrogen) atoms. The average Bonchev–Trinajstić information content (AvgIpc) is 2.79. The first-order valence-corrected chi connectivity index (χ1v) is 10.8. The van der Waals surface area contributed by atoms with E-state index in [2.05, 4.69) is 16.0 Å². The number of rotatable bonds is 7. The second-order valence-electron chi connectivity index (χ2n) is 7.17. The molecule has 0 fully saturated rings. The van der Waals surface area contributed by atoms with Crippen LogP contribution in [-0.2, 0) is 11.2 Å². The van der Waals surface area contributed by atoms with Crippen LogP contribution >= 0.6 is 23.2 Å². The first-order valence-electron chi connectivity index (χ1n) is 10.1. The third-order valence-electron chi connectivity index (χ3n) is 4.82. The van der Waals surface area contributed by atoms with Gasteiger partial charge in [0.1, 0.15) is 0 Å². The summed E-state index contributed by atoms with van der Waals surface area (Å²) in [5.74, 6) is -0.117. The fourth-order valence-electron chi connectivity index (χ4n) is 3.25. The monoisotopic (exact) mass is 461 g/mol. The summed E-state index contributed by atoms with van der Waals surface area (Å²) in [6.07, 6.45) is 0.204. The number of amides is 1. The number of hydrogen-bond donors (Lipinski definition) is 3. The maximum atomic E-state index is 12.7. The van der Waals surface area contributed by atoms with Gasteiger partial charge in [-0.15, -0.1) is 0 Å². The molecule has 0 bridgehead atoms. The zero-order chi connectivity index (χ0) is 22.3. The van der Waals surface area contributed by atoms with Crippen molar-refractivity contribution in [1.82, 2.24) is 0 Å². The van der Waals surface area contributed by atoms with E-state index in [1.807, 2.05) is 78.9 Å². The highest BCUT2D eigenvalue weighted by Gasteiger charge is 2.11. The Kier molecular flexibility index (Phi) is 6.95. The minimum atomic E-state index is -0.117. The largest absolute Gasteiger partial charge is 0.356 e. The van der Waals surface area contributed by atoms with E-state index >= 15 is 0 Å². The molecule has 0 aliphatic carbocycles. The van der Waals surface area contributed by atoms with Crippen molar-refractivity contribution >= 4 is 57.5 Å². The van der Waals surface area contributed by atoms with Gasteiger partial charge in [0.15, 0.2) is 0 Å². The van der Waals surface area contributed by atoms with E-state index in [0.29, 0.717) is 15.7 Å². The van der Waals surface area contributed by atoms with Crippen molar-refractivity contribution in [1.29, 1.82) is 0 Å². The molecule has 0 spiro atoms. The predicted octanol–water partition coefficient (Wildman–Crippen LogP) is 7.66. The Bertz CT molecular complexity index is 1190. The van der Waals surface area contributed by atoms with Gasteiger partial charge in [0, 0.05) is 22.7 Å². The fourth-order valence-corrected chi connectivity index (χ4v) is 3.74. The number of hydrogen-bond acceptors (Lipinski definition) is 3. The smallest absolute Gasteiger partial charge is 0.228 e. The van der Waals surface area contributed by atoms with Crippen LogP contribution < -0.4 is 16.0 Å². The maximum Gasteiger partial charge on any atom is 0.228 e. The lowest BCUT2D eigenvalue weighted by molar-refractivity contribution is -0.115. The minimum Gasteiger partial charge on any atom is -0.356 e. The normalized spacial score (nSPS) is 10.4. The van der Waals surface area contributed by atoms with Gasteiger partial charge in [-0.3, -0.25) is 4.79 Å². The van der Waals surface area contributed by atoms with Crippen molar-refractivity contribution in [2.45, 2.75) is 6.42 Å². The zero-order valence-corrected chi connectivity index (χ0v) is 18.6. The molecule has 0 saturated heterocycles. The van der Waals surface area contributed by atoms with Gasteiger partial charge in [0.2, 0.25) is 5.91 Å². The molecule has 3 N–H and O–H groups in total. The van der Waals surface area contributed by atoms with Crippen molar-refractivity contribution in [2.75, 3.05) is 16.0 Å². The van der Waals surface area contributed by atoms with Crippen molar-refractivity contribution < 1.29 is 4.79 Å². The molecule has 4 aromatic rings. The van der Waals surface area contributed by atoms with E-state index in [4.69, 9.17) is 23.2 Å². The van der Waals surface area contributed by atoms with Gasteiger partial charge in [-0.05, 0) is 60.2 Å². The molecule has 0 unspecified atom stereocenters. The highest BCUT2D eigenvalue weighted by molar-refractivity contribution is 6.39. The SMILES string of the molecule is O=C(Cc1ccccc1Nc1c(Cl)cccc1Cl)Nc1ccc(Nc2ccccc2)cc1. The lowest BCUT2D eigenvalue weighted by atomic mass is 10.1. The van der Waals surface area contributed by atoms with E-state index in [9.17, 15) is 4.79 Å². The number of carbonyl (C=O) groups excluding carboxylic acids is 1. The van der Waals surface area contributed by atoms with Crippen molar-refractivity contribution in [2.24, 2.45) is 0 Å². The van der Waals surface area contributed by atoms with Crippen LogP contribution in [0.1, 0.15) is 5.56 Å². The third kappa shape index (κ3) is 5.61. The summed E-state index contributed by atoms with van der Waals surface area (Å²) in [5, 5.41) is 10.6. The second-order valence-corrected chi connectivity index (χ2v) is 7.99. The molecule has 0 heterocycles. The fraction of sp³-hybridized carbons (Fsp3) is 0.0385. The van der Waals surface area contributed by atoms with Crippen LogP contribution in [-0.4, -0.2) is 5.91 Å². The number of para-hydroxylation sites is 3. The van der Waals surface area contributed by atoms with Crippen LogP contribution in [0.25, 0.3) is 0 Å². The van der Waals surface area contributed by atoms with Crippen LogP contribution in [0.15, 0.2) is 97.1 Å². The molecule has 0 aliphatic heterocycles. The van der Waals surface area contributed by atoms with E-state index in [1.54, 1.807) is 18.2 Å². The van der Waals surface area contributed by atoms with Crippen molar-refractivity contribution in [3.05, 3.63) is 113 Å². The third-order valence-corrected chi connectivity index (χ3v) is 5.45. The first kappa shape index (κ1) is 21.8. The quantitative estimate of drug-likeness (QED) is 0.264. The summed E-state index contributed by atoms with van der Waals surface area (Å²) in [5.41, 5.74) is 4.91. The standard InChI is InChI=1S/C26H21Cl2N3O/c27-22-10-6-11-23(28)26(22)31-24-12-5-4-7-18(24)17-25(32)30-21-15-13-20(14-16-21)29-19-8-2-1-3-9-19/h1-16,29,31H,17H2,(H,30,32). The van der Waals surface area contributed by atoms with Crippen LogP contribution in [0, 0.1) is 0 Å². The molecule has 0 aromatic heterocycles. The molecule has 4 aromatic carbocycles. The lowest BCUT2D eigenvalue weighted by Crippen LogP contribution is -2.15. The van der Waals surface area contributed by atoms with Crippen LogP contribution in [0.4, 0.5) is 28.4 Å². The summed E-state index contributed by atoms with van der Waals surface area (Å²) in [6, 6.07) is 30.4. The molecule has 0 saturated carbocycles. The number of halogens is 2. The number of benzene rings is 4. The average molecular weight is 462 g/mol. The molecule has 0 atom stereocenters. The summed E-state index contributed by atoms with van der Waals surface area (Å²) in [6.45, 7) is 0. The van der Waals surface area contributed by atoms with E-state index in [-0.39, 0.29) is 12.3 Å². The number of carbonyl (C=O) groups is 1. The highest BCUT2D eigenvalue weighted by atomic mass is 35.5. The molecular weight excluding hydrogens is 441 g/mol.